The summed E-state index contributed by atoms with van der Waals surface area (Å²) in [5.41, 5.74) is 12.8. The van der Waals surface area contributed by atoms with Gasteiger partial charge in [-0.05, 0) is 12.1 Å². The minimum atomic E-state index is 0.456. The van der Waals surface area contributed by atoms with E-state index in [9.17, 15) is 0 Å². The van der Waals surface area contributed by atoms with Crippen molar-refractivity contribution >= 4 is 32.4 Å². The fourth-order valence-electron chi connectivity index (χ4n) is 1.14. The lowest BCUT2D eigenvalue weighted by Crippen LogP contribution is -1.89. The maximum Gasteiger partial charge on any atom is 0.181 e. The topological polar surface area (TPSA) is 88.7 Å². The molecule has 5 heteroatoms. The van der Waals surface area contributed by atoms with Gasteiger partial charge in [0.2, 0.25) is 0 Å². The van der Waals surface area contributed by atoms with Crippen molar-refractivity contribution in [2.24, 2.45) is 0 Å². The molecule has 0 bridgehead atoms. The number of hydrogen-bond donors (Lipinski definition) is 2. The third kappa shape index (κ3) is 1.08. The molecule has 13 heavy (non-hydrogen) atoms. The number of benzene rings is 1. The monoisotopic (exact) mass is 190 g/mol. The average molecular weight is 190 g/mol. The van der Waals surface area contributed by atoms with Crippen molar-refractivity contribution in [1.29, 1.82) is 5.26 Å². The van der Waals surface area contributed by atoms with Gasteiger partial charge < -0.3 is 11.5 Å². The van der Waals surface area contributed by atoms with Crippen LogP contribution in [0.5, 0.6) is 0 Å². The Morgan fingerprint density at radius 3 is 2.85 bits per heavy atom. The normalized spacial score (nSPS) is 10.1. The van der Waals surface area contributed by atoms with Crippen LogP contribution in [0.3, 0.4) is 0 Å². The smallest absolute Gasteiger partial charge is 0.181 e. The third-order valence-corrected chi connectivity index (χ3v) is 2.64. The summed E-state index contributed by atoms with van der Waals surface area (Å²) in [4.78, 5) is 4.05. The lowest BCUT2D eigenvalue weighted by Gasteiger charge is -1.95. The Morgan fingerprint density at radius 1 is 1.38 bits per heavy atom. The van der Waals surface area contributed by atoms with Crippen LogP contribution in [0.4, 0.5) is 10.8 Å². The van der Waals surface area contributed by atoms with Gasteiger partial charge in [0, 0.05) is 0 Å². The summed E-state index contributed by atoms with van der Waals surface area (Å²) in [6, 6.07) is 5.47. The van der Waals surface area contributed by atoms with Crippen molar-refractivity contribution in [2.45, 2.75) is 0 Å². The molecule has 0 aliphatic carbocycles. The molecule has 4 N–H and O–H groups in total. The van der Waals surface area contributed by atoms with Crippen molar-refractivity contribution < 1.29 is 0 Å². The summed E-state index contributed by atoms with van der Waals surface area (Å²) in [6.07, 6.45) is 0. The number of aromatic nitrogens is 1. The molecule has 1 aromatic heterocycles. The Morgan fingerprint density at radius 2 is 2.15 bits per heavy atom. The molecule has 0 unspecified atom stereocenters. The lowest BCUT2D eigenvalue weighted by atomic mass is 10.2. The van der Waals surface area contributed by atoms with Crippen molar-refractivity contribution in [3.05, 3.63) is 17.7 Å². The number of nitrogens with zero attached hydrogens (tertiary/aromatic N) is 2. The van der Waals surface area contributed by atoms with E-state index >= 15 is 0 Å². The highest BCUT2D eigenvalue weighted by atomic mass is 32.1. The van der Waals surface area contributed by atoms with Gasteiger partial charge in [0.25, 0.3) is 0 Å². The lowest BCUT2D eigenvalue weighted by molar-refractivity contribution is 1.48. The Hall–Kier alpha value is -1.80. The van der Waals surface area contributed by atoms with Crippen LogP contribution in [0, 0.1) is 11.3 Å². The Bertz CT molecular complexity index is 509. The van der Waals surface area contributed by atoms with Crippen LogP contribution in [-0.4, -0.2) is 4.98 Å². The van der Waals surface area contributed by atoms with Crippen molar-refractivity contribution in [3.8, 4) is 6.07 Å². The molecule has 0 spiro atoms. The molecule has 1 heterocycles. The molecule has 0 aliphatic heterocycles. The Labute approximate surface area is 78.4 Å². The first kappa shape index (κ1) is 7.83. The number of anilines is 2. The molecule has 0 saturated carbocycles. The first-order chi connectivity index (χ1) is 6.22. The van der Waals surface area contributed by atoms with Crippen LogP contribution < -0.4 is 11.5 Å². The molecule has 1 aromatic carbocycles. The van der Waals surface area contributed by atoms with Gasteiger partial charge in [0.1, 0.15) is 6.07 Å². The first-order valence-corrected chi connectivity index (χ1v) is 4.38. The quantitative estimate of drug-likeness (QED) is 0.613. The summed E-state index contributed by atoms with van der Waals surface area (Å²) < 4.78 is 0.764. The number of hydrogen-bond acceptors (Lipinski definition) is 5. The Kier molecular flexibility index (Phi) is 1.57. The molecule has 0 radical (unpaired) electrons. The predicted molar refractivity (Wildman–Crippen MR) is 53.2 cm³/mol. The number of fused-ring (bicyclic) bond motifs is 1. The number of nitrogen functional groups attached to an aromatic ring is 2. The highest BCUT2D eigenvalue weighted by Crippen LogP contribution is 2.29. The second-order valence-corrected chi connectivity index (χ2v) is 3.57. The average Bonchev–Trinajstić information content (AvgIpc) is 2.45. The van der Waals surface area contributed by atoms with Crippen molar-refractivity contribution in [2.75, 3.05) is 11.5 Å². The van der Waals surface area contributed by atoms with E-state index in [0.29, 0.717) is 16.4 Å². The summed E-state index contributed by atoms with van der Waals surface area (Å²) in [7, 11) is 0. The van der Waals surface area contributed by atoms with Gasteiger partial charge in [-0.25, -0.2) is 4.98 Å². The van der Waals surface area contributed by atoms with Crippen LogP contribution in [0.25, 0.3) is 10.2 Å². The molecule has 64 valence electrons. The fraction of sp³-hybridized carbons (Fsp3) is 0. The molecule has 0 atom stereocenters. The summed E-state index contributed by atoms with van der Waals surface area (Å²) in [5, 5.41) is 9.29. The fourth-order valence-corrected chi connectivity index (χ4v) is 1.98. The van der Waals surface area contributed by atoms with Gasteiger partial charge in [-0.1, -0.05) is 11.3 Å². The molecule has 0 aliphatic rings. The SMILES string of the molecule is N#Cc1c(N)ccc2nc(N)sc12. The summed E-state index contributed by atoms with van der Waals surface area (Å²) >= 11 is 1.28. The standard InChI is InChI=1S/C8H6N4S/c9-3-4-5(10)1-2-6-7(4)13-8(11)12-6/h1-2H,10H2,(H2,11,12). The van der Waals surface area contributed by atoms with E-state index in [1.54, 1.807) is 12.1 Å². The number of thiazole rings is 1. The van der Waals surface area contributed by atoms with Crippen LogP contribution >= 0.6 is 11.3 Å². The van der Waals surface area contributed by atoms with E-state index in [1.165, 1.54) is 11.3 Å². The molecular formula is C8H6N4S. The van der Waals surface area contributed by atoms with Crippen LogP contribution in [-0.2, 0) is 0 Å². The van der Waals surface area contributed by atoms with Gasteiger partial charge in [0.15, 0.2) is 5.13 Å². The third-order valence-electron chi connectivity index (χ3n) is 1.72. The van der Waals surface area contributed by atoms with Gasteiger partial charge in [0.05, 0.1) is 21.5 Å². The number of nitriles is 1. The maximum absolute atomic E-state index is 8.83. The molecule has 0 amide bonds. The molecule has 0 fully saturated rings. The number of nitrogens with two attached hydrogens (primary N) is 2. The molecular weight excluding hydrogens is 184 g/mol. The minimum Gasteiger partial charge on any atom is -0.398 e. The zero-order chi connectivity index (χ0) is 9.42. The van der Waals surface area contributed by atoms with E-state index in [-0.39, 0.29) is 0 Å². The highest BCUT2D eigenvalue weighted by Gasteiger charge is 2.08. The van der Waals surface area contributed by atoms with Crippen molar-refractivity contribution in [1.82, 2.24) is 4.98 Å². The highest BCUT2D eigenvalue weighted by molar-refractivity contribution is 7.22. The molecule has 0 saturated heterocycles. The van der Waals surface area contributed by atoms with E-state index in [4.69, 9.17) is 16.7 Å². The van der Waals surface area contributed by atoms with Gasteiger partial charge >= 0.3 is 0 Å². The van der Waals surface area contributed by atoms with E-state index in [2.05, 4.69) is 4.98 Å². The van der Waals surface area contributed by atoms with Crippen molar-refractivity contribution in [3.63, 3.8) is 0 Å². The summed E-state index contributed by atoms with van der Waals surface area (Å²) in [5.74, 6) is 0. The van der Waals surface area contributed by atoms with Crippen LogP contribution in [0.1, 0.15) is 5.56 Å². The molecule has 2 aromatic rings. The zero-order valence-electron chi connectivity index (χ0n) is 6.61. The second-order valence-electron chi connectivity index (χ2n) is 2.54. The predicted octanol–water partition coefficient (Wildman–Crippen LogP) is 1.33. The van der Waals surface area contributed by atoms with E-state index < -0.39 is 0 Å². The minimum absolute atomic E-state index is 0.456. The van der Waals surface area contributed by atoms with Gasteiger partial charge in [-0.15, -0.1) is 0 Å². The molecule has 2 rings (SSSR count). The number of rotatable bonds is 0. The van der Waals surface area contributed by atoms with E-state index in [1.807, 2.05) is 6.07 Å². The maximum atomic E-state index is 8.83. The zero-order valence-corrected chi connectivity index (χ0v) is 7.43. The van der Waals surface area contributed by atoms with E-state index in [0.717, 1.165) is 10.2 Å². The summed E-state index contributed by atoms with van der Waals surface area (Å²) in [6.45, 7) is 0. The Balaban J connectivity index is 2.93. The second kappa shape index (κ2) is 2.61. The van der Waals surface area contributed by atoms with Crippen LogP contribution in [0.15, 0.2) is 12.1 Å². The van der Waals surface area contributed by atoms with Gasteiger partial charge in [-0.3, -0.25) is 0 Å². The first-order valence-electron chi connectivity index (χ1n) is 3.57. The van der Waals surface area contributed by atoms with Gasteiger partial charge in [-0.2, -0.15) is 5.26 Å². The largest absolute Gasteiger partial charge is 0.398 e. The van der Waals surface area contributed by atoms with Crippen LogP contribution in [0.2, 0.25) is 0 Å². The molecule has 4 nitrogen and oxygen atoms in total.